The molecular weight excluding hydrogens is 487 g/mol. The van der Waals surface area contributed by atoms with Crippen LogP contribution in [0.25, 0.3) is 0 Å². The standard InChI is InChI=1S/C25H26F3N7O2/c1-33-9-11-35(12-10-33)16-18-4-5-19(14-21(18)25(26,27)28)30-24(37)31-22-15-20(34(2)32-22)6-3-17-7-8-29-23(36)13-17/h4-5,7-8,13-15H,9-12,16H2,1-2H3,(H,29,36)(H2,30,31,32,37). The van der Waals surface area contributed by atoms with Gasteiger partial charge >= 0.3 is 12.2 Å². The first-order valence-electron chi connectivity index (χ1n) is 11.5. The monoisotopic (exact) mass is 513 g/mol. The number of urea groups is 1. The normalized spacial score (nSPS) is 14.6. The lowest BCUT2D eigenvalue weighted by Gasteiger charge is -2.33. The molecule has 0 spiro atoms. The van der Waals surface area contributed by atoms with Gasteiger partial charge in [0, 0.05) is 69.4 Å². The van der Waals surface area contributed by atoms with E-state index in [2.05, 4.69) is 37.5 Å². The second-order valence-electron chi connectivity index (χ2n) is 8.76. The molecule has 1 aliphatic rings. The van der Waals surface area contributed by atoms with Crippen molar-refractivity contribution < 1.29 is 18.0 Å². The summed E-state index contributed by atoms with van der Waals surface area (Å²) in [5.74, 6) is 5.86. The van der Waals surface area contributed by atoms with E-state index in [4.69, 9.17) is 0 Å². The summed E-state index contributed by atoms with van der Waals surface area (Å²) < 4.78 is 42.8. The predicted molar refractivity (Wildman–Crippen MR) is 133 cm³/mol. The van der Waals surface area contributed by atoms with Crippen molar-refractivity contribution in [2.45, 2.75) is 12.7 Å². The number of rotatable bonds is 4. The zero-order valence-corrected chi connectivity index (χ0v) is 20.3. The maximum atomic E-state index is 13.8. The fraction of sp³-hybridized carbons (Fsp3) is 0.320. The number of anilines is 2. The average Bonchev–Trinajstić information content (AvgIpc) is 3.18. The number of H-pyrrole nitrogens is 1. The minimum atomic E-state index is -4.56. The van der Waals surface area contributed by atoms with Crippen LogP contribution in [0.15, 0.2) is 47.4 Å². The van der Waals surface area contributed by atoms with Gasteiger partial charge in [-0.25, -0.2) is 4.79 Å². The molecule has 0 atom stereocenters. The molecule has 1 aliphatic heterocycles. The Bertz CT molecular complexity index is 1390. The minimum Gasteiger partial charge on any atom is -0.329 e. The van der Waals surface area contributed by atoms with Gasteiger partial charge in [-0.2, -0.15) is 18.3 Å². The van der Waals surface area contributed by atoms with Gasteiger partial charge in [-0.1, -0.05) is 12.0 Å². The van der Waals surface area contributed by atoms with Crippen molar-refractivity contribution in [3.05, 3.63) is 75.3 Å². The van der Waals surface area contributed by atoms with E-state index in [-0.39, 0.29) is 29.2 Å². The van der Waals surface area contributed by atoms with Crippen LogP contribution in [-0.4, -0.2) is 63.8 Å². The average molecular weight is 514 g/mol. The lowest BCUT2D eigenvalue weighted by molar-refractivity contribution is -0.138. The highest BCUT2D eigenvalue weighted by Gasteiger charge is 2.34. The van der Waals surface area contributed by atoms with E-state index < -0.39 is 17.8 Å². The number of halogens is 3. The second kappa shape index (κ2) is 10.9. The van der Waals surface area contributed by atoms with Gasteiger partial charge in [0.1, 0.15) is 5.69 Å². The van der Waals surface area contributed by atoms with Gasteiger partial charge in [-0.3, -0.25) is 19.7 Å². The first kappa shape index (κ1) is 26.0. The predicted octanol–water partition coefficient (Wildman–Crippen LogP) is 2.92. The molecule has 1 saturated heterocycles. The molecule has 1 aromatic carbocycles. The van der Waals surface area contributed by atoms with Crippen LogP contribution in [0.3, 0.4) is 0 Å². The number of amides is 2. The molecule has 0 aliphatic carbocycles. The fourth-order valence-corrected chi connectivity index (χ4v) is 3.89. The first-order valence-corrected chi connectivity index (χ1v) is 11.5. The molecule has 1 fully saturated rings. The van der Waals surface area contributed by atoms with Gasteiger partial charge in [0.15, 0.2) is 5.82 Å². The smallest absolute Gasteiger partial charge is 0.329 e. The summed E-state index contributed by atoms with van der Waals surface area (Å²) in [6.07, 6.45) is -3.08. The van der Waals surface area contributed by atoms with E-state index in [1.54, 1.807) is 13.1 Å². The summed E-state index contributed by atoms with van der Waals surface area (Å²) in [6, 6.07) is 7.57. The Balaban J connectivity index is 1.43. The van der Waals surface area contributed by atoms with Crippen LogP contribution in [0.2, 0.25) is 0 Å². The van der Waals surface area contributed by atoms with Crippen LogP contribution in [0, 0.1) is 11.8 Å². The molecule has 4 rings (SSSR count). The number of nitrogens with one attached hydrogen (secondary N) is 3. The third-order valence-electron chi connectivity index (χ3n) is 5.89. The van der Waals surface area contributed by atoms with Gasteiger partial charge in [-0.15, -0.1) is 0 Å². The molecule has 12 heteroatoms. The number of nitrogens with zero attached hydrogens (tertiary/aromatic N) is 4. The van der Waals surface area contributed by atoms with Crippen molar-refractivity contribution in [3.63, 3.8) is 0 Å². The number of likely N-dealkylation sites (N-methyl/N-ethyl adjacent to an activating group) is 1. The zero-order chi connectivity index (χ0) is 26.6. The Morgan fingerprint density at radius 1 is 1.05 bits per heavy atom. The number of carbonyl (C=O) groups excluding carboxylic acids is 1. The summed E-state index contributed by atoms with van der Waals surface area (Å²) >= 11 is 0. The van der Waals surface area contributed by atoms with Gasteiger partial charge in [-0.05, 0) is 36.7 Å². The third kappa shape index (κ3) is 6.99. The van der Waals surface area contributed by atoms with E-state index in [0.717, 1.165) is 19.2 Å². The zero-order valence-electron chi connectivity index (χ0n) is 20.3. The lowest BCUT2D eigenvalue weighted by Crippen LogP contribution is -2.44. The van der Waals surface area contributed by atoms with Crippen LogP contribution in [0.5, 0.6) is 0 Å². The number of hydrogen-bond donors (Lipinski definition) is 3. The van der Waals surface area contributed by atoms with E-state index in [9.17, 15) is 22.8 Å². The van der Waals surface area contributed by atoms with Crippen molar-refractivity contribution in [2.75, 3.05) is 43.9 Å². The molecule has 2 amide bonds. The van der Waals surface area contributed by atoms with Crippen LogP contribution in [0.4, 0.5) is 29.5 Å². The van der Waals surface area contributed by atoms with E-state index in [1.165, 1.54) is 35.1 Å². The summed E-state index contributed by atoms with van der Waals surface area (Å²) in [4.78, 5) is 30.5. The van der Waals surface area contributed by atoms with Gasteiger partial charge < -0.3 is 15.2 Å². The highest BCUT2D eigenvalue weighted by Crippen LogP contribution is 2.34. The number of aromatic nitrogens is 3. The number of benzene rings is 1. The minimum absolute atomic E-state index is 0.0113. The molecule has 0 bridgehead atoms. The Morgan fingerprint density at radius 3 is 2.51 bits per heavy atom. The van der Waals surface area contributed by atoms with Crippen LogP contribution >= 0.6 is 0 Å². The number of aryl methyl sites for hydroxylation is 1. The molecule has 3 heterocycles. The van der Waals surface area contributed by atoms with E-state index in [0.29, 0.717) is 24.3 Å². The molecule has 37 heavy (non-hydrogen) atoms. The quantitative estimate of drug-likeness (QED) is 0.466. The summed E-state index contributed by atoms with van der Waals surface area (Å²) in [5.41, 5.74) is 0.0850. The summed E-state index contributed by atoms with van der Waals surface area (Å²) in [7, 11) is 3.61. The molecule has 2 aromatic heterocycles. The van der Waals surface area contributed by atoms with Gasteiger partial charge in [0.2, 0.25) is 5.56 Å². The Labute approximate surface area is 211 Å². The van der Waals surface area contributed by atoms with E-state index >= 15 is 0 Å². The number of hydrogen-bond acceptors (Lipinski definition) is 5. The first-order chi connectivity index (χ1) is 17.6. The Kier molecular flexibility index (Phi) is 7.66. The molecule has 0 saturated carbocycles. The SMILES string of the molecule is CN1CCN(Cc2ccc(NC(=O)Nc3cc(C#Cc4cc[nH]c(=O)c4)n(C)n3)cc2C(F)(F)F)CC1. The Hall–Kier alpha value is -4.08. The van der Waals surface area contributed by atoms with E-state index in [1.807, 2.05) is 11.9 Å². The van der Waals surface area contributed by atoms with Crippen molar-refractivity contribution >= 4 is 17.5 Å². The van der Waals surface area contributed by atoms with Crippen LogP contribution in [0.1, 0.15) is 22.4 Å². The largest absolute Gasteiger partial charge is 0.416 e. The molecular formula is C25H26F3N7O2. The molecule has 3 N–H and O–H groups in total. The topological polar surface area (TPSA) is 98.3 Å². The fourth-order valence-electron chi connectivity index (χ4n) is 3.89. The molecule has 0 radical (unpaired) electrons. The number of piperazine rings is 1. The van der Waals surface area contributed by atoms with Gasteiger partial charge in [0.25, 0.3) is 0 Å². The highest BCUT2D eigenvalue weighted by atomic mass is 19.4. The molecule has 194 valence electrons. The number of aromatic amines is 1. The van der Waals surface area contributed by atoms with Crippen molar-refractivity contribution in [1.82, 2.24) is 24.6 Å². The summed E-state index contributed by atoms with van der Waals surface area (Å²) in [6.45, 7) is 3.17. The molecule has 9 nitrogen and oxygen atoms in total. The maximum Gasteiger partial charge on any atom is 0.416 e. The number of pyridine rings is 1. The molecule has 3 aromatic rings. The number of alkyl halides is 3. The second-order valence-corrected chi connectivity index (χ2v) is 8.76. The van der Waals surface area contributed by atoms with Crippen molar-refractivity contribution in [3.8, 4) is 11.8 Å². The molecule has 0 unspecified atom stereocenters. The van der Waals surface area contributed by atoms with Crippen molar-refractivity contribution in [2.24, 2.45) is 7.05 Å². The maximum absolute atomic E-state index is 13.8. The Morgan fingerprint density at radius 2 is 1.81 bits per heavy atom. The van der Waals surface area contributed by atoms with Crippen LogP contribution < -0.4 is 16.2 Å². The summed E-state index contributed by atoms with van der Waals surface area (Å²) in [5, 5.41) is 9.09. The number of carbonyl (C=O) groups is 1. The van der Waals surface area contributed by atoms with Gasteiger partial charge in [0.05, 0.1) is 5.56 Å². The lowest BCUT2D eigenvalue weighted by atomic mass is 10.0. The third-order valence-corrected chi connectivity index (χ3v) is 5.89. The van der Waals surface area contributed by atoms with Crippen LogP contribution in [-0.2, 0) is 19.8 Å². The van der Waals surface area contributed by atoms with Crippen molar-refractivity contribution in [1.29, 1.82) is 0 Å². The highest BCUT2D eigenvalue weighted by molar-refractivity contribution is 5.99.